The van der Waals surface area contributed by atoms with Gasteiger partial charge in [0.05, 0.1) is 0 Å². The van der Waals surface area contributed by atoms with E-state index in [2.05, 4.69) is 5.32 Å². The molecule has 34 heavy (non-hydrogen) atoms. The summed E-state index contributed by atoms with van der Waals surface area (Å²) < 4.78 is 5.75. The molecule has 0 aliphatic rings. The molecule has 0 aromatic heterocycles. The fourth-order valence-corrected chi connectivity index (χ4v) is 3.78. The lowest BCUT2D eigenvalue weighted by Gasteiger charge is -2.32. The topological polar surface area (TPSA) is 58.6 Å². The van der Waals surface area contributed by atoms with E-state index < -0.39 is 6.04 Å². The van der Waals surface area contributed by atoms with Gasteiger partial charge in [-0.25, -0.2) is 0 Å². The van der Waals surface area contributed by atoms with Gasteiger partial charge < -0.3 is 15.0 Å². The van der Waals surface area contributed by atoms with Gasteiger partial charge in [0.25, 0.3) is 5.91 Å². The highest BCUT2D eigenvalue weighted by Crippen LogP contribution is 2.19. The number of benzene rings is 3. The zero-order chi connectivity index (χ0) is 24.3. The predicted octanol–water partition coefficient (Wildman–Crippen LogP) is 5.19. The van der Waals surface area contributed by atoms with Crippen LogP contribution in [0.4, 0.5) is 0 Å². The first-order chi connectivity index (χ1) is 16.5. The number of carbonyl (C=O) groups is 2. The molecule has 1 N–H and O–H groups in total. The summed E-state index contributed by atoms with van der Waals surface area (Å²) in [6.07, 6.45) is 1.23. The van der Waals surface area contributed by atoms with Gasteiger partial charge >= 0.3 is 0 Å². The molecule has 0 spiro atoms. The van der Waals surface area contributed by atoms with Crippen molar-refractivity contribution >= 4 is 23.4 Å². The molecule has 3 rings (SSSR count). The van der Waals surface area contributed by atoms with E-state index in [0.717, 1.165) is 23.1 Å². The van der Waals surface area contributed by atoms with Gasteiger partial charge in [0, 0.05) is 24.5 Å². The van der Waals surface area contributed by atoms with Crippen molar-refractivity contribution in [2.75, 3.05) is 13.2 Å². The van der Waals surface area contributed by atoms with Crippen LogP contribution in [0.2, 0.25) is 5.02 Å². The zero-order valence-electron chi connectivity index (χ0n) is 19.7. The molecule has 0 fully saturated rings. The number of carbonyl (C=O) groups excluding carboxylic acids is 2. The maximum atomic E-state index is 13.5. The van der Waals surface area contributed by atoms with E-state index in [1.165, 1.54) is 0 Å². The Labute approximate surface area is 206 Å². The van der Waals surface area contributed by atoms with Crippen LogP contribution in [0.3, 0.4) is 0 Å². The number of halogens is 1. The summed E-state index contributed by atoms with van der Waals surface area (Å²) in [5, 5.41) is 3.57. The monoisotopic (exact) mass is 478 g/mol. The van der Waals surface area contributed by atoms with Crippen LogP contribution in [0, 0.1) is 6.92 Å². The van der Waals surface area contributed by atoms with Crippen molar-refractivity contribution in [1.29, 1.82) is 0 Å². The average molecular weight is 479 g/mol. The van der Waals surface area contributed by atoms with Crippen LogP contribution in [0.1, 0.15) is 30.0 Å². The van der Waals surface area contributed by atoms with Crippen molar-refractivity contribution in [2.24, 2.45) is 0 Å². The quantitative estimate of drug-likeness (QED) is 0.412. The molecule has 0 unspecified atom stereocenters. The van der Waals surface area contributed by atoms with Crippen LogP contribution in [-0.4, -0.2) is 35.9 Å². The van der Waals surface area contributed by atoms with Gasteiger partial charge in [0.2, 0.25) is 5.91 Å². The third-order valence-electron chi connectivity index (χ3n) is 5.60. The SMILES string of the molecule is CCCNC(=O)[C@H](Cc1ccccc1)N(Cc1ccccc1C)C(=O)COc1ccc(Cl)cc1. The van der Waals surface area contributed by atoms with Crippen molar-refractivity contribution in [3.8, 4) is 5.75 Å². The number of rotatable bonds is 11. The molecule has 0 aliphatic carbocycles. The van der Waals surface area contributed by atoms with Gasteiger partial charge in [0.15, 0.2) is 6.61 Å². The zero-order valence-corrected chi connectivity index (χ0v) is 20.4. The van der Waals surface area contributed by atoms with Gasteiger partial charge in [-0.1, -0.05) is 73.1 Å². The summed E-state index contributed by atoms with van der Waals surface area (Å²) in [6, 6.07) is 23.8. The lowest BCUT2D eigenvalue weighted by Crippen LogP contribution is -2.51. The first-order valence-corrected chi connectivity index (χ1v) is 11.9. The third-order valence-corrected chi connectivity index (χ3v) is 5.85. The van der Waals surface area contributed by atoms with Crippen LogP contribution in [0.5, 0.6) is 5.75 Å². The van der Waals surface area contributed by atoms with Crippen LogP contribution in [0.25, 0.3) is 0 Å². The van der Waals surface area contributed by atoms with E-state index in [9.17, 15) is 9.59 Å². The van der Waals surface area contributed by atoms with E-state index in [-0.39, 0.29) is 18.4 Å². The second kappa shape index (κ2) is 12.8. The number of ether oxygens (including phenoxy) is 1. The molecule has 1 atom stereocenters. The van der Waals surface area contributed by atoms with Crippen molar-refractivity contribution in [3.05, 3.63) is 101 Å². The maximum Gasteiger partial charge on any atom is 0.261 e. The smallest absolute Gasteiger partial charge is 0.261 e. The number of aryl methyl sites for hydroxylation is 1. The van der Waals surface area contributed by atoms with E-state index in [1.807, 2.05) is 68.4 Å². The highest BCUT2D eigenvalue weighted by Gasteiger charge is 2.30. The lowest BCUT2D eigenvalue weighted by molar-refractivity contribution is -0.142. The van der Waals surface area contributed by atoms with Crippen molar-refractivity contribution < 1.29 is 14.3 Å². The summed E-state index contributed by atoms with van der Waals surface area (Å²) >= 11 is 5.95. The summed E-state index contributed by atoms with van der Waals surface area (Å²) in [7, 11) is 0. The molecule has 6 heteroatoms. The minimum absolute atomic E-state index is 0.167. The molecule has 178 valence electrons. The normalized spacial score (nSPS) is 11.5. The number of nitrogens with one attached hydrogen (secondary N) is 1. The van der Waals surface area contributed by atoms with Gasteiger partial charge in [-0.15, -0.1) is 0 Å². The third kappa shape index (κ3) is 7.35. The highest BCUT2D eigenvalue weighted by atomic mass is 35.5. The van der Waals surface area contributed by atoms with E-state index >= 15 is 0 Å². The van der Waals surface area contributed by atoms with E-state index in [1.54, 1.807) is 29.2 Å². The summed E-state index contributed by atoms with van der Waals surface area (Å²) in [4.78, 5) is 28.4. The molecule has 0 heterocycles. The number of amides is 2. The summed E-state index contributed by atoms with van der Waals surface area (Å²) in [5.74, 6) is 0.119. The van der Waals surface area contributed by atoms with Crippen molar-refractivity contribution in [1.82, 2.24) is 10.2 Å². The Kier molecular flexibility index (Phi) is 9.53. The first kappa shape index (κ1) is 25.3. The van der Waals surface area contributed by atoms with Gasteiger partial charge in [-0.3, -0.25) is 9.59 Å². The Morgan fingerprint density at radius 3 is 2.32 bits per heavy atom. The molecule has 3 aromatic carbocycles. The second-order valence-electron chi connectivity index (χ2n) is 8.19. The van der Waals surface area contributed by atoms with Gasteiger partial charge in [-0.2, -0.15) is 0 Å². The Hall–Kier alpha value is -3.31. The Morgan fingerprint density at radius 2 is 1.65 bits per heavy atom. The number of nitrogens with zero attached hydrogens (tertiary/aromatic N) is 1. The largest absolute Gasteiger partial charge is 0.484 e. The molecule has 0 bridgehead atoms. The molecular weight excluding hydrogens is 448 g/mol. The van der Waals surface area contributed by atoms with Crippen molar-refractivity contribution in [3.63, 3.8) is 0 Å². The van der Waals surface area contributed by atoms with Crippen LogP contribution < -0.4 is 10.1 Å². The fourth-order valence-electron chi connectivity index (χ4n) is 3.65. The minimum Gasteiger partial charge on any atom is -0.484 e. The van der Waals surface area contributed by atoms with Gasteiger partial charge in [0.1, 0.15) is 11.8 Å². The molecule has 5 nitrogen and oxygen atoms in total. The van der Waals surface area contributed by atoms with Crippen LogP contribution in [0.15, 0.2) is 78.9 Å². The van der Waals surface area contributed by atoms with Gasteiger partial charge in [-0.05, 0) is 54.3 Å². The Balaban J connectivity index is 1.89. The van der Waals surface area contributed by atoms with E-state index in [4.69, 9.17) is 16.3 Å². The molecule has 2 amide bonds. The molecule has 0 saturated heterocycles. The van der Waals surface area contributed by atoms with Crippen LogP contribution >= 0.6 is 11.6 Å². The molecule has 0 saturated carbocycles. The Bertz CT molecular complexity index is 1070. The summed E-state index contributed by atoms with van der Waals surface area (Å²) in [6.45, 7) is 4.69. The van der Waals surface area contributed by atoms with Crippen molar-refractivity contribution in [2.45, 2.75) is 39.3 Å². The number of hydrogen-bond acceptors (Lipinski definition) is 3. The molecule has 0 radical (unpaired) electrons. The molecular formula is C28H31ClN2O3. The Morgan fingerprint density at radius 1 is 0.971 bits per heavy atom. The number of hydrogen-bond donors (Lipinski definition) is 1. The fraction of sp³-hybridized carbons (Fsp3) is 0.286. The maximum absolute atomic E-state index is 13.5. The highest BCUT2D eigenvalue weighted by molar-refractivity contribution is 6.30. The lowest BCUT2D eigenvalue weighted by atomic mass is 10.0. The van der Waals surface area contributed by atoms with E-state index in [0.29, 0.717) is 30.3 Å². The standard InChI is InChI=1S/C28H31ClN2O3/c1-3-17-30-28(33)26(18-22-10-5-4-6-11-22)31(19-23-12-8-7-9-21(23)2)27(32)20-34-25-15-13-24(29)14-16-25/h4-16,26H,3,17-20H2,1-2H3,(H,30,33)/t26-/m0/s1. The molecule has 3 aromatic rings. The predicted molar refractivity (Wildman–Crippen MR) is 136 cm³/mol. The minimum atomic E-state index is -0.671. The second-order valence-corrected chi connectivity index (χ2v) is 8.62. The first-order valence-electron chi connectivity index (χ1n) is 11.5. The average Bonchev–Trinajstić information content (AvgIpc) is 2.85. The summed E-state index contributed by atoms with van der Waals surface area (Å²) in [5.41, 5.74) is 3.04. The molecule has 0 aliphatic heterocycles. The van der Waals surface area contributed by atoms with Crippen LogP contribution in [-0.2, 0) is 22.6 Å².